The molecule has 60 valence electrons. The molecule has 2 N–H and O–H groups in total. The van der Waals surface area contributed by atoms with Crippen molar-refractivity contribution < 1.29 is 4.74 Å². The van der Waals surface area contributed by atoms with Crippen LogP contribution in [0.4, 0.5) is 0 Å². The molecule has 0 aliphatic heterocycles. The Kier molecular flexibility index (Phi) is 3.58. The van der Waals surface area contributed by atoms with Gasteiger partial charge in [0.25, 0.3) is 0 Å². The second-order valence-corrected chi connectivity index (χ2v) is 2.20. The van der Waals surface area contributed by atoms with Crippen molar-refractivity contribution in [3.05, 3.63) is 30.1 Å². The molecule has 0 atom stereocenters. The van der Waals surface area contributed by atoms with Crippen LogP contribution >= 0.6 is 0 Å². The summed E-state index contributed by atoms with van der Waals surface area (Å²) in [6, 6.07) is 3.87. The molecule has 0 aliphatic carbocycles. The maximum absolute atomic E-state index is 5.25. The van der Waals surface area contributed by atoms with Gasteiger partial charge in [0.15, 0.2) is 0 Å². The van der Waals surface area contributed by atoms with Crippen LogP contribution < -0.4 is 5.73 Å². The maximum Gasteiger partial charge on any atom is 0.0732 e. The second kappa shape index (κ2) is 4.82. The molecule has 0 radical (unpaired) electrons. The summed E-state index contributed by atoms with van der Waals surface area (Å²) in [5.74, 6) is 0. The van der Waals surface area contributed by atoms with Crippen molar-refractivity contribution in [2.75, 3.05) is 13.2 Å². The van der Waals surface area contributed by atoms with E-state index in [4.69, 9.17) is 10.5 Å². The minimum absolute atomic E-state index is 0.570. The van der Waals surface area contributed by atoms with Gasteiger partial charge >= 0.3 is 0 Å². The van der Waals surface area contributed by atoms with E-state index in [2.05, 4.69) is 4.98 Å². The second-order valence-electron chi connectivity index (χ2n) is 2.20. The summed E-state index contributed by atoms with van der Waals surface area (Å²) in [7, 11) is 0. The van der Waals surface area contributed by atoms with E-state index in [1.165, 1.54) is 0 Å². The van der Waals surface area contributed by atoms with Gasteiger partial charge in [0, 0.05) is 18.9 Å². The number of pyridine rings is 1. The van der Waals surface area contributed by atoms with Gasteiger partial charge in [0.1, 0.15) is 0 Å². The van der Waals surface area contributed by atoms with Crippen molar-refractivity contribution in [1.82, 2.24) is 4.98 Å². The monoisotopic (exact) mass is 152 g/mol. The first-order valence-electron chi connectivity index (χ1n) is 3.60. The lowest BCUT2D eigenvalue weighted by Gasteiger charge is -2.00. The van der Waals surface area contributed by atoms with E-state index in [1.807, 2.05) is 12.1 Å². The molecule has 11 heavy (non-hydrogen) atoms. The molecule has 1 aromatic rings. The van der Waals surface area contributed by atoms with Gasteiger partial charge in [-0.1, -0.05) is 6.07 Å². The molecule has 0 bridgehead atoms. The van der Waals surface area contributed by atoms with E-state index in [1.54, 1.807) is 12.4 Å². The van der Waals surface area contributed by atoms with E-state index < -0.39 is 0 Å². The van der Waals surface area contributed by atoms with Crippen LogP contribution in [0.5, 0.6) is 0 Å². The van der Waals surface area contributed by atoms with Gasteiger partial charge in [0.05, 0.1) is 13.2 Å². The Bertz CT molecular complexity index is 189. The summed E-state index contributed by atoms with van der Waals surface area (Å²) in [4.78, 5) is 3.95. The SMILES string of the molecule is NCCOCc1cccnc1. The van der Waals surface area contributed by atoms with Gasteiger partial charge < -0.3 is 10.5 Å². The van der Waals surface area contributed by atoms with Gasteiger partial charge in [-0.2, -0.15) is 0 Å². The number of rotatable bonds is 4. The predicted octanol–water partition coefficient (Wildman–Crippen LogP) is 0.557. The third-order valence-corrected chi connectivity index (χ3v) is 1.25. The normalized spacial score (nSPS) is 9.91. The maximum atomic E-state index is 5.25. The van der Waals surface area contributed by atoms with Crippen LogP contribution in [0.15, 0.2) is 24.5 Å². The van der Waals surface area contributed by atoms with Gasteiger partial charge in [0.2, 0.25) is 0 Å². The van der Waals surface area contributed by atoms with Crippen molar-refractivity contribution in [3.63, 3.8) is 0 Å². The molecule has 1 rings (SSSR count). The highest BCUT2D eigenvalue weighted by atomic mass is 16.5. The van der Waals surface area contributed by atoms with E-state index in [9.17, 15) is 0 Å². The van der Waals surface area contributed by atoms with Crippen LogP contribution in [0.1, 0.15) is 5.56 Å². The standard InChI is InChI=1S/C8H12N2O/c9-3-5-11-7-8-2-1-4-10-6-8/h1-2,4,6H,3,5,7,9H2. The lowest BCUT2D eigenvalue weighted by atomic mass is 10.3. The summed E-state index contributed by atoms with van der Waals surface area (Å²) >= 11 is 0. The molecule has 3 heteroatoms. The highest BCUT2D eigenvalue weighted by Crippen LogP contribution is 1.96. The predicted molar refractivity (Wildman–Crippen MR) is 42.9 cm³/mol. The molecule has 0 aromatic carbocycles. The molecule has 1 aromatic heterocycles. The Morgan fingerprint density at radius 3 is 3.09 bits per heavy atom. The minimum atomic E-state index is 0.570. The molecular weight excluding hydrogens is 140 g/mol. The van der Waals surface area contributed by atoms with Crippen molar-refractivity contribution in [2.45, 2.75) is 6.61 Å². The zero-order chi connectivity index (χ0) is 7.94. The first-order valence-corrected chi connectivity index (χ1v) is 3.60. The van der Waals surface area contributed by atoms with E-state index >= 15 is 0 Å². The largest absolute Gasteiger partial charge is 0.375 e. The summed E-state index contributed by atoms with van der Waals surface area (Å²) in [5, 5.41) is 0. The molecule has 3 nitrogen and oxygen atoms in total. The van der Waals surface area contributed by atoms with Crippen molar-refractivity contribution in [2.24, 2.45) is 5.73 Å². The van der Waals surface area contributed by atoms with E-state index in [0.717, 1.165) is 5.56 Å². The van der Waals surface area contributed by atoms with Crippen LogP contribution in [-0.2, 0) is 11.3 Å². The fraction of sp³-hybridized carbons (Fsp3) is 0.375. The van der Waals surface area contributed by atoms with Gasteiger partial charge in [-0.3, -0.25) is 4.98 Å². The lowest BCUT2D eigenvalue weighted by molar-refractivity contribution is 0.128. The van der Waals surface area contributed by atoms with E-state index in [-0.39, 0.29) is 0 Å². The van der Waals surface area contributed by atoms with Gasteiger partial charge in [-0.05, 0) is 11.6 Å². The number of hydrogen-bond donors (Lipinski definition) is 1. The van der Waals surface area contributed by atoms with E-state index in [0.29, 0.717) is 19.8 Å². The molecule has 1 heterocycles. The number of nitrogens with two attached hydrogens (primary N) is 1. The number of nitrogens with zero attached hydrogens (tertiary/aromatic N) is 1. The summed E-state index contributed by atoms with van der Waals surface area (Å²) in [5.41, 5.74) is 6.34. The third kappa shape index (κ3) is 3.11. The molecule has 0 saturated carbocycles. The van der Waals surface area contributed by atoms with Gasteiger partial charge in [-0.25, -0.2) is 0 Å². The van der Waals surface area contributed by atoms with Crippen molar-refractivity contribution >= 4 is 0 Å². The third-order valence-electron chi connectivity index (χ3n) is 1.25. The fourth-order valence-corrected chi connectivity index (χ4v) is 0.757. The topological polar surface area (TPSA) is 48.1 Å². The Balaban J connectivity index is 2.28. The van der Waals surface area contributed by atoms with Crippen LogP contribution in [0.2, 0.25) is 0 Å². The first-order chi connectivity index (χ1) is 5.43. The fourth-order valence-electron chi connectivity index (χ4n) is 0.757. The molecular formula is C8H12N2O. The Labute approximate surface area is 66.2 Å². The molecule has 0 spiro atoms. The summed E-state index contributed by atoms with van der Waals surface area (Å²) < 4.78 is 5.20. The highest BCUT2D eigenvalue weighted by molar-refractivity contribution is 5.06. The summed E-state index contributed by atoms with van der Waals surface area (Å²) in [6.45, 7) is 1.78. The Morgan fingerprint density at radius 1 is 1.55 bits per heavy atom. The first kappa shape index (κ1) is 8.17. The zero-order valence-electron chi connectivity index (χ0n) is 6.36. The molecule has 0 saturated heterocycles. The molecule has 0 amide bonds. The van der Waals surface area contributed by atoms with Crippen molar-refractivity contribution in [3.8, 4) is 0 Å². The number of aromatic nitrogens is 1. The quantitative estimate of drug-likeness (QED) is 0.641. The van der Waals surface area contributed by atoms with Crippen LogP contribution in [0.25, 0.3) is 0 Å². The average Bonchev–Trinajstić information content (AvgIpc) is 2.07. The lowest BCUT2D eigenvalue weighted by Crippen LogP contribution is -2.08. The molecule has 0 aliphatic rings. The minimum Gasteiger partial charge on any atom is -0.375 e. The number of hydrogen-bond acceptors (Lipinski definition) is 3. The molecule has 0 fully saturated rings. The zero-order valence-corrected chi connectivity index (χ0v) is 6.36. The highest BCUT2D eigenvalue weighted by Gasteiger charge is 1.89. The Morgan fingerprint density at radius 2 is 2.45 bits per heavy atom. The number of ether oxygens (including phenoxy) is 1. The van der Waals surface area contributed by atoms with Crippen LogP contribution in [0, 0.1) is 0 Å². The van der Waals surface area contributed by atoms with Crippen LogP contribution in [-0.4, -0.2) is 18.1 Å². The van der Waals surface area contributed by atoms with Gasteiger partial charge in [-0.15, -0.1) is 0 Å². The average molecular weight is 152 g/mol. The smallest absolute Gasteiger partial charge is 0.0732 e. The molecule has 0 unspecified atom stereocenters. The van der Waals surface area contributed by atoms with Crippen molar-refractivity contribution in [1.29, 1.82) is 0 Å². The summed E-state index contributed by atoms with van der Waals surface area (Å²) in [6.07, 6.45) is 3.53. The Hall–Kier alpha value is -0.930. The van der Waals surface area contributed by atoms with Crippen LogP contribution in [0.3, 0.4) is 0 Å².